The molecule has 0 saturated heterocycles. The molecule has 3 aromatic rings. The summed E-state index contributed by atoms with van der Waals surface area (Å²) in [4.78, 5) is 7.20. The maximum Gasteiger partial charge on any atom is 0.198 e. The smallest absolute Gasteiger partial charge is 0.198 e. The first-order chi connectivity index (χ1) is 9.95. The Kier molecular flexibility index (Phi) is 3.05. The Labute approximate surface area is 122 Å². The quantitative estimate of drug-likeness (QED) is 0.700. The largest absolute Gasteiger partial charge is 0.494 e. The second-order valence-corrected chi connectivity index (χ2v) is 5.99. The Balaban J connectivity index is 1.95. The van der Waals surface area contributed by atoms with Gasteiger partial charge in [0.25, 0.3) is 0 Å². The lowest BCUT2D eigenvalue weighted by Gasteiger charge is -2.11. The summed E-state index contributed by atoms with van der Waals surface area (Å²) in [5, 5.41) is 14.8. The number of aliphatic imine (C=N–C) groups is 1. The van der Waals surface area contributed by atoms with Crippen LogP contribution in [-0.2, 0) is 5.41 Å². The molecule has 5 heteroatoms. The van der Waals surface area contributed by atoms with Gasteiger partial charge in [0, 0.05) is 28.6 Å². The number of fused-ring (bicyclic) bond motifs is 1. The van der Waals surface area contributed by atoms with E-state index >= 15 is 0 Å². The molecule has 0 fully saturated rings. The predicted molar refractivity (Wildman–Crippen MR) is 82.4 cm³/mol. The fraction of sp³-hybridized carbons (Fsp3) is 0.250. The van der Waals surface area contributed by atoms with Crippen molar-refractivity contribution in [3.05, 3.63) is 41.7 Å². The molecule has 0 unspecified atom stereocenters. The van der Waals surface area contributed by atoms with E-state index < -0.39 is 0 Å². The highest BCUT2D eigenvalue weighted by Gasteiger charge is 2.19. The van der Waals surface area contributed by atoms with Gasteiger partial charge in [-0.15, -0.1) is 0 Å². The van der Waals surface area contributed by atoms with Crippen molar-refractivity contribution in [2.75, 3.05) is 0 Å². The second-order valence-electron chi connectivity index (χ2n) is 5.99. The van der Waals surface area contributed by atoms with Gasteiger partial charge >= 0.3 is 0 Å². The van der Waals surface area contributed by atoms with E-state index in [1.165, 1.54) is 0 Å². The van der Waals surface area contributed by atoms with E-state index in [0.29, 0.717) is 11.4 Å². The molecule has 108 valence electrons. The van der Waals surface area contributed by atoms with Gasteiger partial charge in [0.2, 0.25) is 0 Å². The van der Waals surface area contributed by atoms with E-state index in [4.69, 9.17) is 4.52 Å². The average Bonchev–Trinajstić information content (AvgIpc) is 3.00. The number of hydrogen-bond acceptors (Lipinski definition) is 4. The highest BCUT2D eigenvalue weighted by Crippen LogP contribution is 2.28. The van der Waals surface area contributed by atoms with Crippen molar-refractivity contribution in [1.29, 1.82) is 0 Å². The first kappa shape index (κ1) is 13.4. The molecule has 0 bridgehead atoms. The zero-order valence-corrected chi connectivity index (χ0v) is 12.2. The van der Waals surface area contributed by atoms with Crippen molar-refractivity contribution < 1.29 is 9.63 Å². The molecule has 21 heavy (non-hydrogen) atoms. The summed E-state index contributed by atoms with van der Waals surface area (Å²) in [6.45, 7) is 6.14. The SMILES string of the molecule is CC(C)(C)c1cc(N=Cc2c(O)[nH]c3ccccc23)no1. The third-order valence-electron chi connectivity index (χ3n) is 3.29. The van der Waals surface area contributed by atoms with E-state index in [0.717, 1.165) is 16.7 Å². The van der Waals surface area contributed by atoms with Crippen LogP contribution in [0.1, 0.15) is 32.1 Å². The third-order valence-corrected chi connectivity index (χ3v) is 3.29. The minimum atomic E-state index is -0.107. The molecular formula is C16H17N3O2. The highest BCUT2D eigenvalue weighted by molar-refractivity contribution is 6.02. The van der Waals surface area contributed by atoms with Crippen LogP contribution in [0, 0.1) is 0 Å². The molecule has 2 heterocycles. The number of aromatic hydroxyl groups is 1. The lowest BCUT2D eigenvalue weighted by molar-refractivity contribution is 0.330. The summed E-state index contributed by atoms with van der Waals surface area (Å²) < 4.78 is 5.28. The summed E-state index contributed by atoms with van der Waals surface area (Å²) >= 11 is 0. The fourth-order valence-corrected chi connectivity index (χ4v) is 2.09. The summed E-state index contributed by atoms with van der Waals surface area (Å²) in [5.41, 5.74) is 1.40. The van der Waals surface area contributed by atoms with Gasteiger partial charge in [-0.3, -0.25) is 0 Å². The number of rotatable bonds is 2. The molecule has 0 saturated carbocycles. The van der Waals surface area contributed by atoms with Crippen LogP contribution < -0.4 is 0 Å². The molecule has 5 nitrogen and oxygen atoms in total. The van der Waals surface area contributed by atoms with Gasteiger partial charge in [0.1, 0.15) is 5.76 Å². The topological polar surface area (TPSA) is 74.4 Å². The van der Waals surface area contributed by atoms with Crippen molar-refractivity contribution in [1.82, 2.24) is 10.1 Å². The van der Waals surface area contributed by atoms with E-state index in [2.05, 4.69) is 15.1 Å². The molecule has 0 aliphatic carbocycles. The molecule has 0 spiro atoms. The van der Waals surface area contributed by atoms with Crippen LogP contribution in [0.2, 0.25) is 0 Å². The Hall–Kier alpha value is -2.56. The van der Waals surface area contributed by atoms with Crippen LogP contribution in [-0.4, -0.2) is 21.5 Å². The van der Waals surface area contributed by atoms with Crippen molar-refractivity contribution in [2.45, 2.75) is 26.2 Å². The molecular weight excluding hydrogens is 266 g/mol. The van der Waals surface area contributed by atoms with Crippen molar-refractivity contribution in [3.63, 3.8) is 0 Å². The average molecular weight is 283 g/mol. The Morgan fingerprint density at radius 3 is 2.76 bits per heavy atom. The molecule has 2 aromatic heterocycles. The normalized spacial score (nSPS) is 12.5. The lowest BCUT2D eigenvalue weighted by Crippen LogP contribution is -2.08. The Morgan fingerprint density at radius 2 is 2.05 bits per heavy atom. The minimum absolute atomic E-state index is 0.0967. The van der Waals surface area contributed by atoms with Crippen molar-refractivity contribution >= 4 is 22.9 Å². The lowest BCUT2D eigenvalue weighted by atomic mass is 9.93. The van der Waals surface area contributed by atoms with Crippen molar-refractivity contribution in [2.24, 2.45) is 4.99 Å². The van der Waals surface area contributed by atoms with Crippen LogP contribution in [0.4, 0.5) is 5.82 Å². The minimum Gasteiger partial charge on any atom is -0.494 e. The summed E-state index contributed by atoms with van der Waals surface area (Å²) in [7, 11) is 0. The van der Waals surface area contributed by atoms with Crippen LogP contribution in [0.25, 0.3) is 10.9 Å². The number of aromatic nitrogens is 2. The monoisotopic (exact) mass is 283 g/mol. The molecule has 0 amide bonds. The number of H-pyrrole nitrogens is 1. The Morgan fingerprint density at radius 1 is 1.29 bits per heavy atom. The number of para-hydroxylation sites is 1. The van der Waals surface area contributed by atoms with Crippen LogP contribution >= 0.6 is 0 Å². The van der Waals surface area contributed by atoms with Crippen molar-refractivity contribution in [3.8, 4) is 5.88 Å². The summed E-state index contributed by atoms with van der Waals surface area (Å²) in [6.07, 6.45) is 1.60. The molecule has 1 aromatic carbocycles. The van der Waals surface area contributed by atoms with Gasteiger partial charge in [-0.05, 0) is 6.07 Å². The first-order valence-corrected chi connectivity index (χ1v) is 6.76. The van der Waals surface area contributed by atoms with Gasteiger partial charge in [0.05, 0.1) is 5.56 Å². The molecule has 0 atom stereocenters. The predicted octanol–water partition coefficient (Wildman–Crippen LogP) is 3.91. The van der Waals surface area contributed by atoms with E-state index in [1.807, 2.05) is 51.1 Å². The molecule has 0 aliphatic heterocycles. The van der Waals surface area contributed by atoms with Gasteiger partial charge in [-0.2, -0.15) is 0 Å². The van der Waals surface area contributed by atoms with Crippen LogP contribution in [0.15, 0.2) is 39.8 Å². The Bertz CT molecular complexity index is 806. The molecule has 2 N–H and O–H groups in total. The number of aromatic amines is 1. The highest BCUT2D eigenvalue weighted by atomic mass is 16.5. The maximum absolute atomic E-state index is 9.96. The second kappa shape index (κ2) is 4.77. The van der Waals surface area contributed by atoms with Gasteiger partial charge < -0.3 is 14.6 Å². The zero-order chi connectivity index (χ0) is 15.0. The van der Waals surface area contributed by atoms with Gasteiger partial charge in [-0.1, -0.05) is 44.1 Å². The van der Waals surface area contributed by atoms with Gasteiger partial charge in [-0.25, -0.2) is 4.99 Å². The van der Waals surface area contributed by atoms with E-state index in [-0.39, 0.29) is 11.3 Å². The van der Waals surface area contributed by atoms with E-state index in [9.17, 15) is 5.11 Å². The first-order valence-electron chi connectivity index (χ1n) is 6.76. The summed E-state index contributed by atoms with van der Waals surface area (Å²) in [5.74, 6) is 1.36. The number of benzene rings is 1. The number of hydrogen-bond donors (Lipinski definition) is 2. The third kappa shape index (κ3) is 2.54. The zero-order valence-electron chi connectivity index (χ0n) is 12.2. The standard InChI is InChI=1S/C16H17N3O2/c1-16(2,3)13-8-14(19-21-13)17-9-11-10-6-4-5-7-12(10)18-15(11)20/h4-9,18,20H,1-3H3. The van der Waals surface area contributed by atoms with Crippen LogP contribution in [0.3, 0.4) is 0 Å². The summed E-state index contributed by atoms with van der Waals surface area (Å²) in [6, 6.07) is 9.46. The molecule has 0 radical (unpaired) electrons. The molecule has 0 aliphatic rings. The number of nitrogens with zero attached hydrogens (tertiary/aromatic N) is 2. The van der Waals surface area contributed by atoms with Gasteiger partial charge in [0.15, 0.2) is 11.7 Å². The number of nitrogens with one attached hydrogen (secondary N) is 1. The maximum atomic E-state index is 9.96. The van der Waals surface area contributed by atoms with Crippen LogP contribution in [0.5, 0.6) is 5.88 Å². The molecule has 3 rings (SSSR count). The fourth-order valence-electron chi connectivity index (χ4n) is 2.09. The van der Waals surface area contributed by atoms with E-state index in [1.54, 1.807) is 6.21 Å².